The number of carbonyl (C=O) groups is 1. The summed E-state index contributed by atoms with van der Waals surface area (Å²) >= 11 is 0. The lowest BCUT2D eigenvalue weighted by Gasteiger charge is -2.40. The van der Waals surface area contributed by atoms with Crippen molar-refractivity contribution in [1.29, 1.82) is 0 Å². The fourth-order valence-corrected chi connectivity index (χ4v) is 2.72. The summed E-state index contributed by atoms with van der Waals surface area (Å²) < 4.78 is 4.70. The first-order valence-electron chi connectivity index (χ1n) is 6.66. The molecule has 0 unspecified atom stereocenters. The van der Waals surface area contributed by atoms with E-state index in [0.29, 0.717) is 16.7 Å². The summed E-state index contributed by atoms with van der Waals surface area (Å²) in [5, 5.41) is 0. The van der Waals surface area contributed by atoms with E-state index in [-0.39, 0.29) is 5.97 Å². The van der Waals surface area contributed by atoms with Gasteiger partial charge in [-0.3, -0.25) is 0 Å². The molecule has 0 atom stereocenters. The number of esters is 1. The van der Waals surface area contributed by atoms with E-state index in [2.05, 4.69) is 18.7 Å². The molecule has 0 bridgehead atoms. The van der Waals surface area contributed by atoms with E-state index in [4.69, 9.17) is 10.5 Å². The number of rotatable bonds is 2. The quantitative estimate of drug-likeness (QED) is 0.657. The van der Waals surface area contributed by atoms with Crippen LogP contribution in [0.4, 0.5) is 11.4 Å². The summed E-state index contributed by atoms with van der Waals surface area (Å²) in [6, 6.07) is 5.39. The van der Waals surface area contributed by atoms with Crippen LogP contribution in [-0.4, -0.2) is 26.2 Å². The number of hydrogen-bond acceptors (Lipinski definition) is 4. The highest BCUT2D eigenvalue weighted by atomic mass is 16.5. The van der Waals surface area contributed by atoms with E-state index in [1.54, 1.807) is 12.1 Å². The molecule has 1 saturated heterocycles. The first kappa shape index (κ1) is 13.7. The number of ether oxygens (including phenoxy) is 1. The van der Waals surface area contributed by atoms with Gasteiger partial charge in [0.05, 0.1) is 24.0 Å². The molecule has 1 heterocycles. The van der Waals surface area contributed by atoms with Crippen LogP contribution in [0.2, 0.25) is 0 Å². The predicted molar refractivity (Wildman–Crippen MR) is 77.4 cm³/mol. The third kappa shape index (κ3) is 3.00. The van der Waals surface area contributed by atoms with Gasteiger partial charge in [-0.2, -0.15) is 0 Å². The molecule has 1 fully saturated rings. The monoisotopic (exact) mass is 262 g/mol. The third-order valence-corrected chi connectivity index (χ3v) is 3.69. The summed E-state index contributed by atoms with van der Waals surface area (Å²) in [6.07, 6.45) is 2.41. The number of piperidine rings is 1. The molecule has 19 heavy (non-hydrogen) atoms. The van der Waals surface area contributed by atoms with E-state index < -0.39 is 0 Å². The van der Waals surface area contributed by atoms with Crippen LogP contribution in [-0.2, 0) is 4.74 Å². The van der Waals surface area contributed by atoms with Gasteiger partial charge in [-0.05, 0) is 36.5 Å². The third-order valence-electron chi connectivity index (χ3n) is 3.69. The number of hydrogen-bond donors (Lipinski definition) is 1. The molecule has 0 saturated carbocycles. The molecule has 1 aromatic carbocycles. The van der Waals surface area contributed by atoms with Crippen molar-refractivity contribution in [2.45, 2.75) is 26.7 Å². The van der Waals surface area contributed by atoms with Gasteiger partial charge in [0.2, 0.25) is 0 Å². The van der Waals surface area contributed by atoms with Crippen LogP contribution >= 0.6 is 0 Å². The van der Waals surface area contributed by atoms with Gasteiger partial charge in [-0.1, -0.05) is 13.8 Å². The minimum Gasteiger partial charge on any atom is -0.465 e. The zero-order chi connectivity index (χ0) is 14.0. The molecule has 0 aliphatic carbocycles. The zero-order valence-electron chi connectivity index (χ0n) is 11.9. The van der Waals surface area contributed by atoms with Crippen LogP contribution in [0.5, 0.6) is 0 Å². The number of nitrogens with zero attached hydrogens (tertiary/aromatic N) is 1. The number of anilines is 2. The van der Waals surface area contributed by atoms with Gasteiger partial charge in [-0.25, -0.2) is 4.79 Å². The molecule has 0 spiro atoms. The average molecular weight is 262 g/mol. The second kappa shape index (κ2) is 5.11. The SMILES string of the molecule is COC(=O)c1ccc(N2CCCC(C)(C)C2)c(N)c1. The number of carbonyl (C=O) groups excluding carboxylic acids is 1. The molecule has 2 N–H and O–H groups in total. The van der Waals surface area contributed by atoms with Crippen LogP contribution in [0.1, 0.15) is 37.0 Å². The van der Waals surface area contributed by atoms with E-state index >= 15 is 0 Å². The zero-order valence-corrected chi connectivity index (χ0v) is 11.9. The minimum atomic E-state index is -0.350. The molecule has 1 aromatic rings. The topological polar surface area (TPSA) is 55.6 Å². The number of nitrogen functional groups attached to an aromatic ring is 1. The Hall–Kier alpha value is -1.71. The molecule has 4 nitrogen and oxygen atoms in total. The van der Waals surface area contributed by atoms with Gasteiger partial charge in [0, 0.05) is 13.1 Å². The highest BCUT2D eigenvalue weighted by Gasteiger charge is 2.27. The summed E-state index contributed by atoms with van der Waals surface area (Å²) in [6.45, 7) is 6.57. The van der Waals surface area contributed by atoms with Crippen molar-refractivity contribution < 1.29 is 9.53 Å². The van der Waals surface area contributed by atoms with Gasteiger partial charge in [0.1, 0.15) is 0 Å². The van der Waals surface area contributed by atoms with Gasteiger partial charge in [-0.15, -0.1) is 0 Å². The lowest BCUT2D eigenvalue weighted by Crippen LogP contribution is -2.40. The summed E-state index contributed by atoms with van der Waals surface area (Å²) in [4.78, 5) is 13.8. The largest absolute Gasteiger partial charge is 0.465 e. The number of nitrogens with two attached hydrogens (primary N) is 1. The van der Waals surface area contributed by atoms with Crippen molar-refractivity contribution in [2.75, 3.05) is 30.8 Å². The Labute approximate surface area is 114 Å². The van der Waals surface area contributed by atoms with Crippen molar-refractivity contribution in [1.82, 2.24) is 0 Å². The van der Waals surface area contributed by atoms with Crippen LogP contribution in [0.3, 0.4) is 0 Å². The van der Waals surface area contributed by atoms with Crippen LogP contribution in [0, 0.1) is 5.41 Å². The first-order valence-corrected chi connectivity index (χ1v) is 6.66. The molecule has 1 aliphatic rings. The highest BCUT2D eigenvalue weighted by Crippen LogP contribution is 2.34. The number of benzene rings is 1. The van der Waals surface area contributed by atoms with Crippen LogP contribution in [0.15, 0.2) is 18.2 Å². The fourth-order valence-electron chi connectivity index (χ4n) is 2.72. The molecule has 104 valence electrons. The molecule has 0 radical (unpaired) electrons. The van der Waals surface area contributed by atoms with Crippen molar-refractivity contribution in [3.8, 4) is 0 Å². The molecule has 1 aliphatic heterocycles. The Kier molecular flexibility index (Phi) is 3.69. The van der Waals surface area contributed by atoms with E-state index in [1.807, 2.05) is 6.07 Å². The second-order valence-corrected chi connectivity index (χ2v) is 5.95. The molecular weight excluding hydrogens is 240 g/mol. The van der Waals surface area contributed by atoms with Gasteiger partial charge in [0.15, 0.2) is 0 Å². The highest BCUT2D eigenvalue weighted by molar-refractivity contribution is 5.92. The molecule has 4 heteroatoms. The lowest BCUT2D eigenvalue weighted by molar-refractivity contribution is 0.0601. The maximum Gasteiger partial charge on any atom is 0.337 e. The maximum absolute atomic E-state index is 11.5. The minimum absolute atomic E-state index is 0.311. The Bertz CT molecular complexity index is 483. The normalized spacial score (nSPS) is 18.2. The molecular formula is C15H22N2O2. The number of methoxy groups -OCH3 is 1. The molecule has 0 aromatic heterocycles. The van der Waals surface area contributed by atoms with Crippen molar-refractivity contribution >= 4 is 17.3 Å². The molecule has 0 amide bonds. The maximum atomic E-state index is 11.5. The fraction of sp³-hybridized carbons (Fsp3) is 0.533. The molecule has 2 rings (SSSR count). The standard InChI is InChI=1S/C15H22N2O2/c1-15(2)7-4-8-17(10-15)13-6-5-11(9-12(13)16)14(18)19-3/h5-6,9H,4,7-8,10,16H2,1-3H3. The van der Waals surface area contributed by atoms with Gasteiger partial charge >= 0.3 is 5.97 Å². The Morgan fingerprint density at radius 2 is 2.16 bits per heavy atom. The van der Waals surface area contributed by atoms with Crippen LogP contribution < -0.4 is 10.6 Å². The van der Waals surface area contributed by atoms with E-state index in [0.717, 1.165) is 18.8 Å². The summed E-state index contributed by atoms with van der Waals surface area (Å²) in [7, 11) is 1.37. The van der Waals surface area contributed by atoms with Crippen LogP contribution in [0.25, 0.3) is 0 Å². The predicted octanol–water partition coefficient (Wildman–Crippen LogP) is 2.68. The van der Waals surface area contributed by atoms with E-state index in [9.17, 15) is 4.79 Å². The van der Waals surface area contributed by atoms with Crippen molar-refractivity contribution in [3.05, 3.63) is 23.8 Å². The second-order valence-electron chi connectivity index (χ2n) is 5.95. The van der Waals surface area contributed by atoms with E-state index in [1.165, 1.54) is 20.0 Å². The Morgan fingerprint density at radius 1 is 1.42 bits per heavy atom. The average Bonchev–Trinajstić information content (AvgIpc) is 2.36. The Morgan fingerprint density at radius 3 is 2.74 bits per heavy atom. The Balaban J connectivity index is 2.23. The first-order chi connectivity index (χ1) is 8.93. The van der Waals surface area contributed by atoms with Crippen molar-refractivity contribution in [2.24, 2.45) is 5.41 Å². The van der Waals surface area contributed by atoms with Gasteiger partial charge < -0.3 is 15.4 Å². The smallest absolute Gasteiger partial charge is 0.337 e. The van der Waals surface area contributed by atoms with Crippen molar-refractivity contribution in [3.63, 3.8) is 0 Å². The lowest BCUT2D eigenvalue weighted by atomic mass is 9.84. The van der Waals surface area contributed by atoms with Gasteiger partial charge in [0.25, 0.3) is 0 Å². The summed E-state index contributed by atoms with van der Waals surface area (Å²) in [5.41, 5.74) is 8.55. The summed E-state index contributed by atoms with van der Waals surface area (Å²) in [5.74, 6) is -0.350.